The first-order valence-electron chi connectivity index (χ1n) is 7.56. The molecule has 4 nitrogen and oxygen atoms in total. The van der Waals surface area contributed by atoms with Crippen molar-refractivity contribution in [3.05, 3.63) is 35.9 Å². The van der Waals surface area contributed by atoms with Crippen LogP contribution >= 0.6 is 0 Å². The van der Waals surface area contributed by atoms with Crippen LogP contribution in [-0.2, 0) is 15.4 Å². The quantitative estimate of drug-likeness (QED) is 0.898. The molecular formula is C16H26N2O2S. The first-order valence-corrected chi connectivity index (χ1v) is 9.62. The second kappa shape index (κ2) is 6.46. The highest BCUT2D eigenvalue weighted by Crippen LogP contribution is 2.27. The SMILES string of the molecule is CCC1CNC(C)(c2ccccc2)CN1CCS(C)(=O)=O. The maximum absolute atomic E-state index is 11.5. The molecule has 2 unspecified atom stereocenters. The third kappa shape index (κ3) is 4.28. The zero-order valence-corrected chi connectivity index (χ0v) is 14.0. The van der Waals surface area contributed by atoms with E-state index in [0.29, 0.717) is 12.6 Å². The highest BCUT2D eigenvalue weighted by Gasteiger charge is 2.36. The van der Waals surface area contributed by atoms with Crippen LogP contribution in [0.25, 0.3) is 0 Å². The summed E-state index contributed by atoms with van der Waals surface area (Å²) in [7, 11) is -2.92. The van der Waals surface area contributed by atoms with E-state index >= 15 is 0 Å². The van der Waals surface area contributed by atoms with Crippen molar-refractivity contribution >= 4 is 9.84 Å². The summed E-state index contributed by atoms with van der Waals surface area (Å²) in [4.78, 5) is 2.32. The summed E-state index contributed by atoms with van der Waals surface area (Å²) in [6.45, 7) is 6.70. The molecule has 0 bridgehead atoms. The molecule has 2 rings (SSSR count). The van der Waals surface area contributed by atoms with E-state index in [1.165, 1.54) is 11.8 Å². The number of piperazine rings is 1. The van der Waals surface area contributed by atoms with Crippen LogP contribution in [0.4, 0.5) is 0 Å². The van der Waals surface area contributed by atoms with E-state index < -0.39 is 9.84 Å². The molecule has 0 spiro atoms. The molecule has 0 amide bonds. The topological polar surface area (TPSA) is 49.4 Å². The molecule has 1 aromatic carbocycles. The van der Waals surface area contributed by atoms with Crippen molar-refractivity contribution in [2.75, 3.05) is 31.6 Å². The number of nitrogens with one attached hydrogen (secondary N) is 1. The number of hydrogen-bond acceptors (Lipinski definition) is 4. The van der Waals surface area contributed by atoms with E-state index in [0.717, 1.165) is 19.5 Å². The van der Waals surface area contributed by atoms with Crippen LogP contribution < -0.4 is 5.32 Å². The lowest BCUT2D eigenvalue weighted by molar-refractivity contribution is 0.0892. The highest BCUT2D eigenvalue weighted by molar-refractivity contribution is 7.90. The number of rotatable bonds is 5. The Hall–Kier alpha value is -0.910. The molecule has 1 aliphatic rings. The van der Waals surface area contributed by atoms with Crippen LogP contribution in [0.15, 0.2) is 30.3 Å². The third-order valence-corrected chi connectivity index (χ3v) is 5.32. The van der Waals surface area contributed by atoms with Crippen LogP contribution in [0.3, 0.4) is 0 Å². The Morgan fingerprint density at radius 1 is 1.33 bits per heavy atom. The van der Waals surface area contributed by atoms with E-state index in [1.807, 2.05) is 6.07 Å². The predicted octanol–water partition coefficient (Wildman–Crippen LogP) is 1.63. The van der Waals surface area contributed by atoms with Gasteiger partial charge in [0, 0.05) is 31.9 Å². The number of sulfone groups is 1. The second-order valence-corrected chi connectivity index (χ2v) is 8.50. The lowest BCUT2D eigenvalue weighted by atomic mass is 9.88. The summed E-state index contributed by atoms with van der Waals surface area (Å²) in [6.07, 6.45) is 2.34. The summed E-state index contributed by atoms with van der Waals surface area (Å²) in [5.74, 6) is 0.231. The minimum Gasteiger partial charge on any atom is -0.305 e. The Morgan fingerprint density at radius 3 is 2.57 bits per heavy atom. The lowest BCUT2D eigenvalue weighted by Gasteiger charge is -2.46. The first-order chi connectivity index (χ1) is 9.84. The third-order valence-electron chi connectivity index (χ3n) is 4.40. The summed E-state index contributed by atoms with van der Waals surface area (Å²) < 4.78 is 22.9. The van der Waals surface area contributed by atoms with Gasteiger partial charge in [0.25, 0.3) is 0 Å². The lowest BCUT2D eigenvalue weighted by Crippen LogP contribution is -2.61. The fourth-order valence-electron chi connectivity index (χ4n) is 3.01. The van der Waals surface area contributed by atoms with Crippen molar-refractivity contribution < 1.29 is 8.42 Å². The molecule has 0 aliphatic carbocycles. The minimum absolute atomic E-state index is 0.121. The van der Waals surface area contributed by atoms with Gasteiger partial charge in [0.05, 0.1) is 11.3 Å². The van der Waals surface area contributed by atoms with Crippen molar-refractivity contribution in [1.82, 2.24) is 10.2 Å². The zero-order valence-electron chi connectivity index (χ0n) is 13.2. The van der Waals surface area contributed by atoms with Crippen LogP contribution in [0.5, 0.6) is 0 Å². The Bertz CT molecular complexity index is 559. The maximum Gasteiger partial charge on any atom is 0.148 e. The highest BCUT2D eigenvalue weighted by atomic mass is 32.2. The van der Waals surface area contributed by atoms with Crippen molar-refractivity contribution in [3.8, 4) is 0 Å². The second-order valence-electron chi connectivity index (χ2n) is 6.24. The van der Waals surface area contributed by atoms with Gasteiger partial charge >= 0.3 is 0 Å². The Kier molecular flexibility index (Phi) is 5.07. The van der Waals surface area contributed by atoms with Crippen molar-refractivity contribution in [2.24, 2.45) is 0 Å². The van der Waals surface area contributed by atoms with Crippen LogP contribution in [0.2, 0.25) is 0 Å². The summed E-state index contributed by atoms with van der Waals surface area (Å²) in [6, 6.07) is 10.8. The number of nitrogens with zero attached hydrogens (tertiary/aromatic N) is 1. The van der Waals surface area contributed by atoms with Crippen LogP contribution in [0.1, 0.15) is 25.8 Å². The molecule has 1 saturated heterocycles. The summed E-state index contributed by atoms with van der Waals surface area (Å²) in [5, 5.41) is 3.65. The van der Waals surface area contributed by atoms with Crippen molar-refractivity contribution in [2.45, 2.75) is 31.8 Å². The van der Waals surface area contributed by atoms with Crippen molar-refractivity contribution in [1.29, 1.82) is 0 Å². The molecular weight excluding hydrogens is 284 g/mol. The van der Waals surface area contributed by atoms with Gasteiger partial charge in [-0.3, -0.25) is 4.90 Å². The van der Waals surface area contributed by atoms with Gasteiger partial charge in [0.2, 0.25) is 0 Å². The average molecular weight is 310 g/mol. The minimum atomic E-state index is -2.92. The maximum atomic E-state index is 11.5. The molecule has 0 saturated carbocycles. The van der Waals surface area contributed by atoms with Crippen molar-refractivity contribution in [3.63, 3.8) is 0 Å². The standard InChI is InChI=1S/C16H26N2O2S/c1-4-15-12-17-16(2,14-8-6-5-7-9-14)13-18(15)10-11-21(3,19)20/h5-9,15,17H,4,10-13H2,1-3H3. The van der Waals surface area contributed by atoms with E-state index in [2.05, 4.69) is 48.3 Å². The molecule has 1 aromatic rings. The van der Waals surface area contributed by atoms with Gasteiger partial charge in [-0.1, -0.05) is 37.3 Å². The van der Waals surface area contributed by atoms with E-state index in [1.54, 1.807) is 0 Å². The molecule has 118 valence electrons. The Labute approximate surface area is 128 Å². The Balaban J connectivity index is 2.14. The molecule has 5 heteroatoms. The first kappa shape index (κ1) is 16.5. The van der Waals surface area contributed by atoms with E-state index in [9.17, 15) is 8.42 Å². The predicted molar refractivity (Wildman–Crippen MR) is 87.2 cm³/mol. The molecule has 2 atom stereocenters. The van der Waals surface area contributed by atoms with Gasteiger partial charge in [-0.2, -0.15) is 0 Å². The fraction of sp³-hybridized carbons (Fsp3) is 0.625. The Morgan fingerprint density at radius 2 is 2.00 bits per heavy atom. The van der Waals surface area contributed by atoms with Gasteiger partial charge in [-0.25, -0.2) is 8.42 Å². The molecule has 0 radical (unpaired) electrons. The molecule has 1 aliphatic heterocycles. The summed E-state index contributed by atoms with van der Waals surface area (Å²) in [5.41, 5.74) is 1.13. The van der Waals surface area contributed by atoms with Crippen LogP contribution in [0, 0.1) is 0 Å². The summed E-state index contributed by atoms with van der Waals surface area (Å²) >= 11 is 0. The van der Waals surface area contributed by atoms with Gasteiger partial charge < -0.3 is 5.32 Å². The smallest absolute Gasteiger partial charge is 0.148 e. The van der Waals surface area contributed by atoms with Gasteiger partial charge in [0.1, 0.15) is 9.84 Å². The fourth-order valence-corrected chi connectivity index (χ4v) is 3.58. The van der Waals surface area contributed by atoms with Gasteiger partial charge in [0.15, 0.2) is 0 Å². The number of hydrogen-bond donors (Lipinski definition) is 1. The molecule has 1 N–H and O–H groups in total. The molecule has 1 heterocycles. The monoisotopic (exact) mass is 310 g/mol. The molecule has 21 heavy (non-hydrogen) atoms. The van der Waals surface area contributed by atoms with Gasteiger partial charge in [-0.05, 0) is 18.9 Å². The van der Waals surface area contributed by atoms with E-state index in [-0.39, 0.29) is 11.3 Å². The average Bonchev–Trinajstić information content (AvgIpc) is 2.45. The normalized spacial score (nSPS) is 27.7. The van der Waals surface area contributed by atoms with Crippen LogP contribution in [-0.4, -0.2) is 51.0 Å². The van der Waals surface area contributed by atoms with Gasteiger partial charge in [-0.15, -0.1) is 0 Å². The zero-order chi connectivity index (χ0) is 15.5. The number of benzene rings is 1. The molecule has 1 fully saturated rings. The molecule has 0 aromatic heterocycles. The largest absolute Gasteiger partial charge is 0.305 e. The van der Waals surface area contributed by atoms with E-state index in [4.69, 9.17) is 0 Å².